The fourth-order valence-corrected chi connectivity index (χ4v) is 4.05. The molecule has 0 aliphatic carbocycles. The molecule has 1 aliphatic heterocycles. The Labute approximate surface area is 165 Å². The van der Waals surface area contributed by atoms with Crippen molar-refractivity contribution in [2.75, 3.05) is 25.5 Å². The molecule has 1 fully saturated rings. The largest absolute Gasteiger partial charge is 0.317 e. The monoisotopic (exact) mass is 394 g/mol. The quantitative estimate of drug-likeness (QED) is 0.787. The van der Waals surface area contributed by atoms with Crippen molar-refractivity contribution in [3.63, 3.8) is 0 Å². The van der Waals surface area contributed by atoms with Crippen LogP contribution in [0.2, 0.25) is 0 Å². The van der Waals surface area contributed by atoms with Crippen LogP contribution in [0.25, 0.3) is 0 Å². The molecule has 7 heteroatoms. The molecule has 2 N–H and O–H groups in total. The van der Waals surface area contributed by atoms with E-state index in [2.05, 4.69) is 27.8 Å². The molecule has 1 atom stereocenters. The van der Waals surface area contributed by atoms with Gasteiger partial charge >= 0.3 is 0 Å². The lowest BCUT2D eigenvalue weighted by molar-refractivity contribution is -0.120. The SMILES string of the molecule is CC(C(=O)Nc1ncc(C2CCNCC2)s1)N(C)Cc1ccccc1.Cl. The van der Waals surface area contributed by atoms with E-state index in [-0.39, 0.29) is 24.4 Å². The number of halogens is 1. The number of amides is 1. The molecular weight excluding hydrogens is 368 g/mol. The minimum Gasteiger partial charge on any atom is -0.317 e. The van der Waals surface area contributed by atoms with E-state index < -0.39 is 0 Å². The lowest BCUT2D eigenvalue weighted by Crippen LogP contribution is -2.39. The molecule has 1 saturated heterocycles. The van der Waals surface area contributed by atoms with Gasteiger partial charge < -0.3 is 10.6 Å². The second kappa shape index (κ2) is 10.0. The summed E-state index contributed by atoms with van der Waals surface area (Å²) < 4.78 is 0. The Morgan fingerprint density at radius 2 is 2.04 bits per heavy atom. The molecule has 142 valence electrons. The van der Waals surface area contributed by atoms with Gasteiger partial charge in [-0.3, -0.25) is 9.69 Å². The van der Waals surface area contributed by atoms with Gasteiger partial charge in [0.05, 0.1) is 6.04 Å². The molecule has 2 aromatic rings. The van der Waals surface area contributed by atoms with E-state index in [0.29, 0.717) is 11.0 Å². The Bertz CT molecular complexity index is 688. The third kappa shape index (κ3) is 5.51. The van der Waals surface area contributed by atoms with Crippen molar-refractivity contribution in [3.05, 3.63) is 47.0 Å². The number of aromatic nitrogens is 1. The highest BCUT2D eigenvalue weighted by Crippen LogP contribution is 2.31. The van der Waals surface area contributed by atoms with Crippen LogP contribution in [0.1, 0.15) is 36.1 Å². The van der Waals surface area contributed by atoms with Crippen LogP contribution in [0, 0.1) is 0 Å². The maximum Gasteiger partial charge on any atom is 0.243 e. The van der Waals surface area contributed by atoms with Crippen molar-refractivity contribution in [2.24, 2.45) is 0 Å². The number of hydrogen-bond acceptors (Lipinski definition) is 5. The average molecular weight is 395 g/mol. The highest BCUT2D eigenvalue weighted by atomic mass is 35.5. The van der Waals surface area contributed by atoms with Crippen LogP contribution in [0.3, 0.4) is 0 Å². The number of thiazole rings is 1. The summed E-state index contributed by atoms with van der Waals surface area (Å²) in [7, 11) is 1.97. The highest BCUT2D eigenvalue weighted by Gasteiger charge is 2.21. The predicted octanol–water partition coefficient (Wildman–Crippen LogP) is 3.49. The second-order valence-corrected chi connectivity index (χ2v) is 7.72. The van der Waals surface area contributed by atoms with Crippen LogP contribution in [0.4, 0.5) is 5.13 Å². The molecule has 0 radical (unpaired) electrons. The number of rotatable bonds is 6. The lowest BCUT2D eigenvalue weighted by Gasteiger charge is -2.23. The van der Waals surface area contributed by atoms with Crippen LogP contribution < -0.4 is 10.6 Å². The summed E-state index contributed by atoms with van der Waals surface area (Å²) in [6, 6.07) is 9.98. The summed E-state index contributed by atoms with van der Waals surface area (Å²) in [6.45, 7) is 4.80. The minimum absolute atomic E-state index is 0. The number of nitrogens with zero attached hydrogens (tertiary/aromatic N) is 2. The zero-order chi connectivity index (χ0) is 17.6. The molecule has 1 unspecified atom stereocenters. The van der Waals surface area contributed by atoms with Gasteiger partial charge in [0.15, 0.2) is 5.13 Å². The number of carbonyl (C=O) groups is 1. The number of likely N-dealkylation sites (N-methyl/N-ethyl adjacent to an activating group) is 1. The maximum atomic E-state index is 12.5. The Balaban J connectivity index is 0.00000243. The van der Waals surface area contributed by atoms with E-state index in [9.17, 15) is 4.79 Å². The van der Waals surface area contributed by atoms with E-state index >= 15 is 0 Å². The van der Waals surface area contributed by atoms with Crippen molar-refractivity contribution in [1.82, 2.24) is 15.2 Å². The highest BCUT2D eigenvalue weighted by molar-refractivity contribution is 7.15. The fourth-order valence-electron chi connectivity index (χ4n) is 3.06. The third-order valence-corrected chi connectivity index (χ3v) is 5.89. The van der Waals surface area contributed by atoms with Gasteiger partial charge in [-0.2, -0.15) is 0 Å². The van der Waals surface area contributed by atoms with Crippen LogP contribution >= 0.6 is 23.7 Å². The number of nitrogens with one attached hydrogen (secondary N) is 2. The zero-order valence-electron chi connectivity index (χ0n) is 15.3. The Hall–Kier alpha value is -1.47. The predicted molar refractivity (Wildman–Crippen MR) is 110 cm³/mol. The van der Waals surface area contributed by atoms with Gasteiger partial charge in [-0.05, 0) is 51.4 Å². The summed E-state index contributed by atoms with van der Waals surface area (Å²) in [5, 5.41) is 7.07. The van der Waals surface area contributed by atoms with Gasteiger partial charge in [0, 0.05) is 17.6 Å². The van der Waals surface area contributed by atoms with E-state index in [4.69, 9.17) is 0 Å². The molecule has 0 spiro atoms. The Morgan fingerprint density at radius 1 is 1.35 bits per heavy atom. The van der Waals surface area contributed by atoms with Gasteiger partial charge in [-0.25, -0.2) is 4.98 Å². The van der Waals surface area contributed by atoms with Crippen LogP contribution in [0.15, 0.2) is 36.5 Å². The standard InChI is InChI=1S/C19H26N4OS.ClH/c1-14(23(2)13-15-6-4-3-5-7-15)18(24)22-19-21-12-17(25-19)16-8-10-20-11-9-16;/h3-7,12,14,16,20H,8-11,13H2,1-2H3,(H,21,22,24);1H. The summed E-state index contributed by atoms with van der Waals surface area (Å²) in [4.78, 5) is 20.3. The number of hydrogen-bond donors (Lipinski definition) is 2. The molecule has 5 nitrogen and oxygen atoms in total. The van der Waals surface area contributed by atoms with Crippen molar-refractivity contribution in [2.45, 2.75) is 38.3 Å². The molecule has 1 aliphatic rings. The molecule has 1 aromatic heterocycles. The van der Waals surface area contributed by atoms with Crippen LogP contribution in [-0.2, 0) is 11.3 Å². The topological polar surface area (TPSA) is 57.3 Å². The van der Waals surface area contributed by atoms with E-state index in [1.54, 1.807) is 11.3 Å². The number of carbonyl (C=O) groups excluding carboxylic acids is 1. The van der Waals surface area contributed by atoms with E-state index in [1.807, 2.05) is 43.3 Å². The summed E-state index contributed by atoms with van der Waals surface area (Å²) in [5.74, 6) is 0.562. The van der Waals surface area contributed by atoms with E-state index in [1.165, 1.54) is 10.4 Å². The van der Waals surface area contributed by atoms with Crippen molar-refractivity contribution < 1.29 is 4.79 Å². The normalized spacial score (nSPS) is 16.1. The molecule has 0 bridgehead atoms. The Morgan fingerprint density at radius 3 is 2.73 bits per heavy atom. The number of piperidine rings is 1. The minimum atomic E-state index is -0.216. The molecule has 2 heterocycles. The molecule has 1 aromatic carbocycles. The fraction of sp³-hybridized carbons (Fsp3) is 0.474. The van der Waals surface area contributed by atoms with Crippen LogP contribution in [0.5, 0.6) is 0 Å². The maximum absolute atomic E-state index is 12.5. The zero-order valence-corrected chi connectivity index (χ0v) is 16.9. The van der Waals surface area contributed by atoms with Gasteiger partial charge in [0.2, 0.25) is 5.91 Å². The number of anilines is 1. The first-order chi connectivity index (χ1) is 12.1. The van der Waals surface area contributed by atoms with Crippen molar-refractivity contribution in [3.8, 4) is 0 Å². The molecule has 26 heavy (non-hydrogen) atoms. The van der Waals surface area contributed by atoms with Gasteiger partial charge in [-0.15, -0.1) is 23.7 Å². The Kier molecular flexibility index (Phi) is 8.03. The average Bonchev–Trinajstić information content (AvgIpc) is 3.11. The number of benzene rings is 1. The molecule has 3 rings (SSSR count). The van der Waals surface area contributed by atoms with Crippen molar-refractivity contribution in [1.29, 1.82) is 0 Å². The van der Waals surface area contributed by atoms with Crippen molar-refractivity contribution >= 4 is 34.8 Å². The van der Waals surface area contributed by atoms with Gasteiger partial charge in [-0.1, -0.05) is 30.3 Å². The molecular formula is C19H27ClN4OS. The van der Waals surface area contributed by atoms with Gasteiger partial charge in [0.25, 0.3) is 0 Å². The summed E-state index contributed by atoms with van der Waals surface area (Å²) in [6.07, 6.45) is 4.21. The first-order valence-electron chi connectivity index (χ1n) is 8.85. The van der Waals surface area contributed by atoms with Gasteiger partial charge in [0.1, 0.15) is 0 Å². The first kappa shape index (κ1) is 20.8. The molecule has 0 saturated carbocycles. The smallest absolute Gasteiger partial charge is 0.243 e. The first-order valence-corrected chi connectivity index (χ1v) is 9.66. The third-order valence-electron chi connectivity index (χ3n) is 4.81. The van der Waals surface area contributed by atoms with Crippen LogP contribution in [-0.4, -0.2) is 42.0 Å². The summed E-state index contributed by atoms with van der Waals surface area (Å²) >= 11 is 1.61. The van der Waals surface area contributed by atoms with E-state index in [0.717, 1.165) is 32.5 Å². The second-order valence-electron chi connectivity index (χ2n) is 6.66. The lowest BCUT2D eigenvalue weighted by atomic mass is 9.97. The molecule has 1 amide bonds. The summed E-state index contributed by atoms with van der Waals surface area (Å²) in [5.41, 5.74) is 1.20.